The van der Waals surface area contributed by atoms with E-state index in [4.69, 9.17) is 0 Å². The smallest absolute Gasteiger partial charge is 0.242 e. The number of likely N-dealkylation sites (tertiary alicyclic amines) is 1. The number of carbonyl (C=O) groups is 2. The van der Waals surface area contributed by atoms with Crippen molar-refractivity contribution in [3.8, 4) is 0 Å². The van der Waals surface area contributed by atoms with Crippen LogP contribution < -0.4 is 10.6 Å². The molecule has 2 aromatic rings. The summed E-state index contributed by atoms with van der Waals surface area (Å²) in [7, 11) is 0. The third-order valence-corrected chi connectivity index (χ3v) is 4.75. The van der Waals surface area contributed by atoms with E-state index in [0.29, 0.717) is 26.1 Å². The highest BCUT2D eigenvalue weighted by Gasteiger charge is 2.37. The maximum Gasteiger partial charge on any atom is 0.242 e. The molecule has 1 saturated heterocycles. The number of carbonyl (C=O) groups excluding carboxylic acids is 2. The highest BCUT2D eigenvalue weighted by molar-refractivity contribution is 5.82. The summed E-state index contributed by atoms with van der Waals surface area (Å²) >= 11 is 0. The normalized spacial score (nSPS) is 20.0. The van der Waals surface area contributed by atoms with Gasteiger partial charge in [-0.2, -0.15) is 5.10 Å². The molecule has 146 valence electrons. The van der Waals surface area contributed by atoms with Crippen LogP contribution in [-0.2, 0) is 22.7 Å². The summed E-state index contributed by atoms with van der Waals surface area (Å²) in [5.74, 6) is -0.100. The standard InChI is InChI=1S/C18H27N7O2/c1-4-20-18(27)16-6-14(8-24(16)9-15-7-19-11-21-15)22-17(26)10-25-13(3)5-12(2)23-25/h5,7,11,14,16H,4,6,8-10H2,1-3H3,(H,19,21)(H,20,27)(H,22,26)/t14-,16-/m0/s1. The molecule has 2 aromatic heterocycles. The topological polar surface area (TPSA) is 108 Å². The Balaban J connectivity index is 1.62. The third-order valence-electron chi connectivity index (χ3n) is 4.75. The number of aromatic nitrogens is 4. The predicted molar refractivity (Wildman–Crippen MR) is 99.7 cm³/mol. The highest BCUT2D eigenvalue weighted by atomic mass is 16.2. The van der Waals surface area contributed by atoms with Crippen molar-refractivity contribution in [1.29, 1.82) is 0 Å². The first-order chi connectivity index (χ1) is 13.0. The van der Waals surface area contributed by atoms with Gasteiger partial charge in [0, 0.05) is 43.3 Å². The lowest BCUT2D eigenvalue weighted by Gasteiger charge is -2.22. The van der Waals surface area contributed by atoms with E-state index in [-0.39, 0.29) is 30.4 Å². The number of aryl methyl sites for hydroxylation is 2. The molecule has 27 heavy (non-hydrogen) atoms. The lowest BCUT2D eigenvalue weighted by Crippen LogP contribution is -2.42. The summed E-state index contributed by atoms with van der Waals surface area (Å²) in [4.78, 5) is 34.1. The first-order valence-electron chi connectivity index (χ1n) is 9.25. The van der Waals surface area contributed by atoms with Gasteiger partial charge in [0.15, 0.2) is 0 Å². The van der Waals surface area contributed by atoms with Gasteiger partial charge in [-0.05, 0) is 33.3 Å². The van der Waals surface area contributed by atoms with Gasteiger partial charge in [-0.1, -0.05) is 0 Å². The molecule has 0 spiro atoms. The number of rotatable bonds is 7. The molecule has 2 amide bonds. The lowest BCUT2D eigenvalue weighted by molar-refractivity contribution is -0.126. The molecule has 0 unspecified atom stereocenters. The number of imidazole rings is 1. The highest BCUT2D eigenvalue weighted by Crippen LogP contribution is 2.20. The second kappa shape index (κ2) is 8.34. The molecule has 0 saturated carbocycles. The quantitative estimate of drug-likeness (QED) is 0.639. The molecule has 3 heterocycles. The van der Waals surface area contributed by atoms with Crippen molar-refractivity contribution in [2.75, 3.05) is 13.1 Å². The molecule has 9 heteroatoms. The number of likely N-dealkylation sites (N-methyl/N-ethyl adjacent to an activating group) is 1. The Bertz CT molecular complexity index is 784. The van der Waals surface area contributed by atoms with Crippen LogP contribution in [0.4, 0.5) is 0 Å². The van der Waals surface area contributed by atoms with E-state index in [2.05, 4.69) is 30.6 Å². The van der Waals surface area contributed by atoms with Gasteiger partial charge in [0.05, 0.1) is 18.1 Å². The van der Waals surface area contributed by atoms with Gasteiger partial charge >= 0.3 is 0 Å². The Morgan fingerprint density at radius 3 is 2.81 bits per heavy atom. The fourth-order valence-corrected chi connectivity index (χ4v) is 3.58. The van der Waals surface area contributed by atoms with Crippen molar-refractivity contribution in [3.05, 3.63) is 35.7 Å². The zero-order valence-corrected chi connectivity index (χ0v) is 16.0. The number of nitrogens with zero attached hydrogens (tertiary/aromatic N) is 4. The molecule has 0 radical (unpaired) electrons. The number of nitrogens with one attached hydrogen (secondary N) is 3. The first kappa shape index (κ1) is 19.1. The summed E-state index contributed by atoms with van der Waals surface area (Å²) in [5.41, 5.74) is 2.79. The van der Waals surface area contributed by atoms with E-state index < -0.39 is 0 Å². The molecule has 2 atom stereocenters. The molecule has 3 N–H and O–H groups in total. The van der Waals surface area contributed by atoms with E-state index in [1.165, 1.54) is 0 Å². The molecule has 1 fully saturated rings. The zero-order chi connectivity index (χ0) is 19.4. The van der Waals surface area contributed by atoms with Crippen LogP contribution in [0, 0.1) is 13.8 Å². The van der Waals surface area contributed by atoms with Crippen LogP contribution in [0.3, 0.4) is 0 Å². The van der Waals surface area contributed by atoms with E-state index in [1.54, 1.807) is 17.2 Å². The summed E-state index contributed by atoms with van der Waals surface area (Å²) < 4.78 is 1.70. The SMILES string of the molecule is CCNC(=O)[C@@H]1C[C@H](NC(=O)Cn2nc(C)cc2C)CN1Cc1cnc[nH]1. The first-order valence-corrected chi connectivity index (χ1v) is 9.25. The maximum absolute atomic E-state index is 12.4. The van der Waals surface area contributed by atoms with Gasteiger partial charge in [-0.25, -0.2) is 4.98 Å². The van der Waals surface area contributed by atoms with E-state index in [9.17, 15) is 9.59 Å². The fraction of sp³-hybridized carbons (Fsp3) is 0.556. The number of hydrogen-bond acceptors (Lipinski definition) is 5. The average molecular weight is 373 g/mol. The summed E-state index contributed by atoms with van der Waals surface area (Å²) in [6, 6.07) is 1.59. The molecule has 1 aliphatic rings. The van der Waals surface area contributed by atoms with E-state index in [1.807, 2.05) is 26.8 Å². The average Bonchev–Trinajstić information content (AvgIpc) is 3.30. The minimum Gasteiger partial charge on any atom is -0.355 e. The second-order valence-electron chi connectivity index (χ2n) is 7.00. The molecule has 9 nitrogen and oxygen atoms in total. The van der Waals surface area contributed by atoms with Crippen LogP contribution >= 0.6 is 0 Å². The van der Waals surface area contributed by atoms with Gasteiger partial charge in [0.25, 0.3) is 0 Å². The second-order valence-corrected chi connectivity index (χ2v) is 7.00. The third kappa shape index (κ3) is 4.73. The summed E-state index contributed by atoms with van der Waals surface area (Å²) in [6.45, 7) is 7.71. The van der Waals surface area contributed by atoms with Crippen LogP contribution in [0.25, 0.3) is 0 Å². The van der Waals surface area contributed by atoms with Crippen LogP contribution in [-0.4, -0.2) is 61.6 Å². The summed E-state index contributed by atoms with van der Waals surface area (Å²) in [6.07, 6.45) is 3.96. The van der Waals surface area contributed by atoms with Gasteiger partial charge in [0.1, 0.15) is 6.54 Å². The maximum atomic E-state index is 12.4. The van der Waals surface area contributed by atoms with Crippen LogP contribution in [0.2, 0.25) is 0 Å². The molecule has 3 rings (SSSR count). The van der Waals surface area contributed by atoms with Gasteiger partial charge < -0.3 is 15.6 Å². The molecule has 0 aliphatic carbocycles. The number of H-pyrrole nitrogens is 1. The van der Waals surface area contributed by atoms with Crippen molar-refractivity contribution < 1.29 is 9.59 Å². The Morgan fingerprint density at radius 1 is 1.37 bits per heavy atom. The largest absolute Gasteiger partial charge is 0.355 e. The minimum atomic E-state index is -0.271. The van der Waals surface area contributed by atoms with Crippen molar-refractivity contribution in [2.45, 2.75) is 52.4 Å². The molecular formula is C18H27N7O2. The van der Waals surface area contributed by atoms with Crippen LogP contribution in [0.15, 0.2) is 18.6 Å². The molecular weight excluding hydrogens is 346 g/mol. The number of hydrogen-bond donors (Lipinski definition) is 3. The van der Waals surface area contributed by atoms with Crippen LogP contribution in [0.1, 0.15) is 30.4 Å². The predicted octanol–water partition coefficient (Wildman–Crippen LogP) is 0.118. The van der Waals surface area contributed by atoms with Gasteiger partial charge in [0.2, 0.25) is 11.8 Å². The van der Waals surface area contributed by atoms with Crippen LogP contribution in [0.5, 0.6) is 0 Å². The zero-order valence-electron chi connectivity index (χ0n) is 16.0. The fourth-order valence-electron chi connectivity index (χ4n) is 3.58. The van der Waals surface area contributed by atoms with Gasteiger partial charge in [-0.15, -0.1) is 0 Å². The Hall–Kier alpha value is -2.68. The van der Waals surface area contributed by atoms with Crippen molar-refractivity contribution >= 4 is 11.8 Å². The molecule has 0 aromatic carbocycles. The van der Waals surface area contributed by atoms with E-state index >= 15 is 0 Å². The van der Waals surface area contributed by atoms with Crippen molar-refractivity contribution in [2.24, 2.45) is 0 Å². The minimum absolute atomic E-state index is 0.00712. The monoisotopic (exact) mass is 373 g/mol. The number of aromatic amines is 1. The van der Waals surface area contributed by atoms with Gasteiger partial charge in [-0.3, -0.25) is 19.2 Å². The molecule has 0 bridgehead atoms. The summed E-state index contributed by atoms with van der Waals surface area (Å²) in [5, 5.41) is 10.3. The number of amides is 2. The Kier molecular flexibility index (Phi) is 5.90. The van der Waals surface area contributed by atoms with E-state index in [0.717, 1.165) is 17.1 Å². The lowest BCUT2D eigenvalue weighted by atomic mass is 10.1. The van der Waals surface area contributed by atoms with Crippen molar-refractivity contribution in [3.63, 3.8) is 0 Å². The Labute approximate surface area is 158 Å². The van der Waals surface area contributed by atoms with Crippen molar-refractivity contribution in [1.82, 2.24) is 35.3 Å². The molecule has 1 aliphatic heterocycles. The Morgan fingerprint density at radius 2 is 2.19 bits per heavy atom.